The summed E-state index contributed by atoms with van der Waals surface area (Å²) in [6.45, 7) is 7.47. The number of aliphatic carboxylic acids is 2. The molecule has 1 amide bonds. The normalized spacial score (nSPS) is 12.1. The number of aryl methyl sites for hydroxylation is 2. The van der Waals surface area contributed by atoms with Gasteiger partial charge in [-0.05, 0) is 72.1 Å². The predicted octanol–water partition coefficient (Wildman–Crippen LogP) is 5.03. The van der Waals surface area contributed by atoms with E-state index >= 15 is 0 Å². The zero-order chi connectivity index (χ0) is 40.9. The van der Waals surface area contributed by atoms with E-state index in [0.29, 0.717) is 41.4 Å². The topological polar surface area (TPSA) is 174 Å². The molecule has 0 radical (unpaired) electrons. The van der Waals surface area contributed by atoms with Crippen molar-refractivity contribution in [3.05, 3.63) is 135 Å². The third-order valence-electron chi connectivity index (χ3n) is 9.15. The van der Waals surface area contributed by atoms with Crippen molar-refractivity contribution in [1.29, 1.82) is 0 Å². The molecule has 0 spiro atoms. The van der Waals surface area contributed by atoms with Crippen LogP contribution in [-0.4, -0.2) is 96.0 Å². The first-order chi connectivity index (χ1) is 26.7. The van der Waals surface area contributed by atoms with E-state index in [1.54, 1.807) is 28.8 Å². The zero-order valence-corrected chi connectivity index (χ0v) is 31.6. The Morgan fingerprint density at radius 1 is 0.786 bits per heavy atom. The van der Waals surface area contributed by atoms with Gasteiger partial charge < -0.3 is 34.8 Å². The Hall–Kier alpha value is -5.54. The van der Waals surface area contributed by atoms with Crippen LogP contribution in [0.25, 0.3) is 22.0 Å². The summed E-state index contributed by atoms with van der Waals surface area (Å²) in [6.07, 6.45) is -4.26. The number of para-hydroxylation sites is 1. The third-order valence-corrected chi connectivity index (χ3v) is 9.41. The smallest absolute Gasteiger partial charge is 0.335 e. The standard InChI is InChI=1S/C37H37ClF2N4O2.C4H6O6/c1-3-42(4-2)22-23-43(24-26-12-14-27(15-13-26)28-16-19-30(38)20-17-28)35(45)25-44-33-11-6-5-9-31(33)37(46)41-34(44)21-18-29-8-7-10-32(39)36(29)40;5-1(3(7)8)2(6)4(9)10/h5-17,19-20H,3-4,18,21-25H2,1-2H3;1-2,5-6H,(H,7,8)(H,9,10)/t;1-,2-/m.1/s1. The molecule has 1 aromatic heterocycles. The van der Waals surface area contributed by atoms with Gasteiger partial charge in [0.1, 0.15) is 12.4 Å². The van der Waals surface area contributed by atoms with Crippen LogP contribution >= 0.6 is 11.6 Å². The Bertz CT molecular complexity index is 2160. The van der Waals surface area contributed by atoms with E-state index in [-0.39, 0.29) is 30.9 Å². The number of aliphatic hydroxyl groups excluding tert-OH is 2. The number of amides is 1. The molecule has 1 heterocycles. The van der Waals surface area contributed by atoms with Crippen LogP contribution in [0, 0.1) is 11.6 Å². The summed E-state index contributed by atoms with van der Waals surface area (Å²) < 4.78 is 30.1. The molecule has 2 atom stereocenters. The average molecular weight is 793 g/mol. The van der Waals surface area contributed by atoms with Gasteiger partial charge in [0.05, 0.1) is 10.9 Å². The van der Waals surface area contributed by atoms with Crippen molar-refractivity contribution in [3.63, 3.8) is 0 Å². The Morgan fingerprint density at radius 3 is 1.96 bits per heavy atom. The molecule has 0 saturated carbocycles. The minimum Gasteiger partial charge on any atom is -0.479 e. The van der Waals surface area contributed by atoms with Gasteiger partial charge >= 0.3 is 11.9 Å². The van der Waals surface area contributed by atoms with Gasteiger partial charge in [0.25, 0.3) is 5.56 Å². The fraction of sp³-hybridized carbons (Fsp3) is 0.293. The second-order valence-electron chi connectivity index (χ2n) is 12.8. The first kappa shape index (κ1) is 43.2. The van der Waals surface area contributed by atoms with Gasteiger partial charge in [-0.1, -0.05) is 86.1 Å². The number of aliphatic hydroxyl groups is 2. The van der Waals surface area contributed by atoms with Crippen LogP contribution in [-0.2, 0) is 40.3 Å². The molecule has 56 heavy (non-hydrogen) atoms. The zero-order valence-electron chi connectivity index (χ0n) is 30.8. The van der Waals surface area contributed by atoms with E-state index in [9.17, 15) is 28.0 Å². The quantitative estimate of drug-likeness (QED) is 0.106. The number of likely N-dealkylation sites (N-methyl/N-ethyl adjacent to an activating group) is 1. The van der Waals surface area contributed by atoms with Crippen molar-refractivity contribution in [2.75, 3.05) is 26.2 Å². The monoisotopic (exact) mass is 792 g/mol. The van der Waals surface area contributed by atoms with E-state index < -0.39 is 41.3 Å². The van der Waals surface area contributed by atoms with Gasteiger partial charge in [0, 0.05) is 31.1 Å². The Kier molecular flexibility index (Phi) is 15.7. The van der Waals surface area contributed by atoms with Crippen molar-refractivity contribution in [1.82, 2.24) is 19.4 Å². The summed E-state index contributed by atoms with van der Waals surface area (Å²) in [5, 5.41) is 33.6. The van der Waals surface area contributed by atoms with Crippen LogP contribution in [0.5, 0.6) is 0 Å². The number of carboxylic acid groups (broad SMARTS) is 2. The van der Waals surface area contributed by atoms with Gasteiger partial charge in [-0.3, -0.25) is 9.59 Å². The molecule has 4 N–H and O–H groups in total. The minimum atomic E-state index is -2.27. The Balaban J connectivity index is 0.000000613. The van der Waals surface area contributed by atoms with Gasteiger partial charge in [0.15, 0.2) is 23.8 Å². The molecule has 4 aromatic carbocycles. The molecule has 0 unspecified atom stereocenters. The maximum atomic E-state index is 14.5. The maximum Gasteiger partial charge on any atom is 0.335 e. The first-order valence-electron chi connectivity index (χ1n) is 17.8. The largest absolute Gasteiger partial charge is 0.479 e. The molecule has 0 bridgehead atoms. The van der Waals surface area contributed by atoms with E-state index in [0.717, 1.165) is 35.8 Å². The van der Waals surface area contributed by atoms with Crippen LogP contribution in [0.2, 0.25) is 5.02 Å². The van der Waals surface area contributed by atoms with E-state index in [4.69, 9.17) is 32.0 Å². The number of carbonyl (C=O) groups is 3. The van der Waals surface area contributed by atoms with Crippen LogP contribution in [0.4, 0.5) is 8.78 Å². The molecular formula is C41H43ClF2N4O8. The number of benzene rings is 4. The average Bonchev–Trinajstić information content (AvgIpc) is 3.19. The molecule has 0 aliphatic carbocycles. The number of aromatic nitrogens is 2. The lowest BCUT2D eigenvalue weighted by atomic mass is 10.0. The van der Waals surface area contributed by atoms with E-state index in [2.05, 4.69) is 23.7 Å². The number of hydrogen-bond donors (Lipinski definition) is 4. The van der Waals surface area contributed by atoms with Gasteiger partial charge in [-0.25, -0.2) is 18.4 Å². The molecule has 296 valence electrons. The first-order valence-corrected chi connectivity index (χ1v) is 18.2. The molecule has 12 nitrogen and oxygen atoms in total. The van der Waals surface area contributed by atoms with Crippen LogP contribution in [0.3, 0.4) is 0 Å². The SMILES string of the molecule is CCN(CC)CCN(Cc1ccc(-c2ccc(Cl)cc2)cc1)C(=O)Cn1c(CCc2cccc(F)c2F)nc(=O)c2ccccc21.O=C(O)[C@H](O)[C@@H](O)C(=O)O. The predicted molar refractivity (Wildman–Crippen MR) is 207 cm³/mol. The number of halogens is 3. The van der Waals surface area contributed by atoms with E-state index in [1.165, 1.54) is 12.1 Å². The number of nitrogens with zero attached hydrogens (tertiary/aromatic N) is 4. The lowest BCUT2D eigenvalue weighted by molar-refractivity contribution is -0.165. The Morgan fingerprint density at radius 2 is 1.38 bits per heavy atom. The van der Waals surface area contributed by atoms with Crippen molar-refractivity contribution in [3.8, 4) is 11.1 Å². The summed E-state index contributed by atoms with van der Waals surface area (Å²) in [4.78, 5) is 55.1. The molecule has 0 fully saturated rings. The highest BCUT2D eigenvalue weighted by atomic mass is 35.5. The highest BCUT2D eigenvalue weighted by molar-refractivity contribution is 6.30. The van der Waals surface area contributed by atoms with Crippen LogP contribution in [0.15, 0.2) is 95.8 Å². The molecule has 0 aliphatic rings. The number of hydrogen-bond acceptors (Lipinski definition) is 8. The molecule has 0 saturated heterocycles. The van der Waals surface area contributed by atoms with Crippen molar-refractivity contribution >= 4 is 40.3 Å². The lowest BCUT2D eigenvalue weighted by Crippen LogP contribution is -2.40. The van der Waals surface area contributed by atoms with Gasteiger partial charge in [0.2, 0.25) is 5.91 Å². The number of fused-ring (bicyclic) bond motifs is 1. The number of carboxylic acids is 2. The minimum absolute atomic E-state index is 0.0597. The van der Waals surface area contributed by atoms with Crippen molar-refractivity contribution in [2.45, 2.75) is 52.0 Å². The highest BCUT2D eigenvalue weighted by Gasteiger charge is 2.29. The second-order valence-corrected chi connectivity index (χ2v) is 13.2. The van der Waals surface area contributed by atoms with Gasteiger partial charge in [-0.15, -0.1) is 0 Å². The van der Waals surface area contributed by atoms with Crippen molar-refractivity contribution in [2.24, 2.45) is 0 Å². The summed E-state index contributed by atoms with van der Waals surface area (Å²) >= 11 is 6.06. The molecule has 0 aliphatic heterocycles. The lowest BCUT2D eigenvalue weighted by Gasteiger charge is -2.28. The number of rotatable bonds is 16. The van der Waals surface area contributed by atoms with E-state index in [1.807, 2.05) is 53.4 Å². The Labute approximate surface area is 326 Å². The summed E-state index contributed by atoms with van der Waals surface area (Å²) in [5.41, 5.74) is 3.41. The van der Waals surface area contributed by atoms with Gasteiger partial charge in [-0.2, -0.15) is 4.98 Å². The molecule has 15 heteroatoms. The molecule has 5 rings (SSSR count). The fourth-order valence-electron chi connectivity index (χ4n) is 5.89. The second kappa shape index (κ2) is 20.4. The van der Waals surface area contributed by atoms with Crippen LogP contribution in [0.1, 0.15) is 30.8 Å². The molecule has 5 aromatic rings. The number of carbonyl (C=O) groups excluding carboxylic acids is 1. The maximum absolute atomic E-state index is 14.5. The molecular weight excluding hydrogens is 750 g/mol. The summed E-state index contributed by atoms with van der Waals surface area (Å²) in [7, 11) is 0. The highest BCUT2D eigenvalue weighted by Crippen LogP contribution is 2.23. The third kappa shape index (κ3) is 11.5. The van der Waals surface area contributed by atoms with Crippen LogP contribution < -0.4 is 5.56 Å². The summed E-state index contributed by atoms with van der Waals surface area (Å²) in [6, 6.07) is 26.8. The van der Waals surface area contributed by atoms with Crippen molar-refractivity contribution < 1.29 is 43.6 Å². The summed E-state index contributed by atoms with van der Waals surface area (Å²) in [5.74, 6) is -5.18. The fourth-order valence-corrected chi connectivity index (χ4v) is 6.01.